The molecule has 0 spiro atoms. The molecular weight excluding hydrogens is 356 g/mol. The molecule has 1 aromatic rings. The number of ketones is 1. The largest absolute Gasteiger partial charge is 0.481 e. The molecule has 0 aromatic carbocycles. The van der Waals surface area contributed by atoms with E-state index in [9.17, 15) is 19.5 Å². The van der Waals surface area contributed by atoms with E-state index in [0.717, 1.165) is 12.8 Å². The molecule has 3 rings (SSSR count). The zero-order valence-corrected chi connectivity index (χ0v) is 15.2. The van der Waals surface area contributed by atoms with Gasteiger partial charge in [0.1, 0.15) is 11.1 Å². The predicted molar refractivity (Wildman–Crippen MR) is 95.8 cm³/mol. The first kappa shape index (κ1) is 18.6. The van der Waals surface area contributed by atoms with Crippen molar-refractivity contribution in [3.05, 3.63) is 41.2 Å². The number of carboxylic acids is 1. The van der Waals surface area contributed by atoms with Gasteiger partial charge >= 0.3 is 5.97 Å². The van der Waals surface area contributed by atoms with Crippen molar-refractivity contribution in [3.63, 3.8) is 0 Å². The maximum atomic E-state index is 13.0. The van der Waals surface area contributed by atoms with E-state index in [1.54, 1.807) is 29.4 Å². The van der Waals surface area contributed by atoms with Crippen molar-refractivity contribution in [2.45, 2.75) is 30.7 Å². The van der Waals surface area contributed by atoms with Gasteiger partial charge in [-0.3, -0.25) is 19.4 Å². The molecule has 7 nitrogen and oxygen atoms in total. The van der Waals surface area contributed by atoms with Crippen LogP contribution in [0.4, 0.5) is 0 Å². The van der Waals surface area contributed by atoms with Crippen LogP contribution >= 0.6 is 11.8 Å². The summed E-state index contributed by atoms with van der Waals surface area (Å²) in [7, 11) is 0. The van der Waals surface area contributed by atoms with Gasteiger partial charge in [-0.05, 0) is 31.2 Å². The highest BCUT2D eigenvalue weighted by Gasteiger charge is 2.43. The Morgan fingerprint density at radius 2 is 2.23 bits per heavy atom. The molecule has 0 aliphatic carbocycles. The molecule has 2 aliphatic rings. The third kappa shape index (κ3) is 3.66. The Bertz CT molecular complexity index is 743. The molecule has 1 aromatic heterocycles. The van der Waals surface area contributed by atoms with E-state index >= 15 is 0 Å². The van der Waals surface area contributed by atoms with Crippen molar-refractivity contribution >= 4 is 29.4 Å². The van der Waals surface area contributed by atoms with E-state index in [-0.39, 0.29) is 22.9 Å². The number of aliphatic carboxylic acids is 1. The lowest BCUT2D eigenvalue weighted by atomic mass is 10.0. The third-order valence-electron chi connectivity index (χ3n) is 4.49. The van der Waals surface area contributed by atoms with Crippen molar-refractivity contribution in [1.82, 2.24) is 9.88 Å². The van der Waals surface area contributed by atoms with Crippen molar-refractivity contribution in [2.75, 3.05) is 19.4 Å². The van der Waals surface area contributed by atoms with Crippen LogP contribution in [0.3, 0.4) is 0 Å². The van der Waals surface area contributed by atoms with Crippen LogP contribution in [0.5, 0.6) is 0 Å². The summed E-state index contributed by atoms with van der Waals surface area (Å²) in [6.07, 6.45) is 4.53. The highest BCUT2D eigenvalue weighted by Crippen LogP contribution is 2.36. The Morgan fingerprint density at radius 1 is 1.42 bits per heavy atom. The topological polar surface area (TPSA) is 96.8 Å². The van der Waals surface area contributed by atoms with Crippen LogP contribution in [0.1, 0.15) is 29.8 Å². The Labute approximate surface area is 155 Å². The third-order valence-corrected chi connectivity index (χ3v) is 5.43. The number of carboxylic acid groups (broad SMARTS) is 1. The first-order chi connectivity index (χ1) is 12.5. The molecule has 2 aliphatic heterocycles. The van der Waals surface area contributed by atoms with Crippen LogP contribution in [0, 0.1) is 0 Å². The molecule has 3 heterocycles. The number of amides is 1. The maximum absolute atomic E-state index is 13.0. The number of hydrogen-bond donors (Lipinski definition) is 1. The van der Waals surface area contributed by atoms with Gasteiger partial charge in [-0.15, -0.1) is 11.8 Å². The smallest absolute Gasteiger partial charge is 0.308 e. The van der Waals surface area contributed by atoms with Gasteiger partial charge in [0.25, 0.3) is 5.91 Å². The van der Waals surface area contributed by atoms with Crippen molar-refractivity contribution in [1.29, 1.82) is 0 Å². The monoisotopic (exact) mass is 376 g/mol. The van der Waals surface area contributed by atoms with Crippen LogP contribution in [0.25, 0.3) is 0 Å². The van der Waals surface area contributed by atoms with Gasteiger partial charge < -0.3 is 14.7 Å². The normalized spacial score (nSPS) is 23.0. The highest BCUT2D eigenvalue weighted by molar-refractivity contribution is 7.99. The predicted octanol–water partition coefficient (Wildman–Crippen LogP) is 1.75. The van der Waals surface area contributed by atoms with E-state index < -0.39 is 29.5 Å². The number of thioether (sulfide) groups is 1. The van der Waals surface area contributed by atoms with E-state index in [0.29, 0.717) is 13.2 Å². The summed E-state index contributed by atoms with van der Waals surface area (Å²) in [5.74, 6) is -1.94. The lowest BCUT2D eigenvalue weighted by Gasteiger charge is -2.27. The molecule has 0 unspecified atom stereocenters. The number of nitrogens with zero attached hydrogens (tertiary/aromatic N) is 2. The molecule has 1 fully saturated rings. The summed E-state index contributed by atoms with van der Waals surface area (Å²) >= 11 is 1.34. The Morgan fingerprint density at radius 3 is 2.81 bits per heavy atom. The summed E-state index contributed by atoms with van der Waals surface area (Å²) < 4.78 is 5.62. The standard InChI is InChI=1S/C18H20N2O5S/c1-26-18-15(16(23)13-6-2-3-7-19-13)12(9-14(21)22)17(24)20(18)10-11-5-4-8-25-11/h2-3,6-7,11,18H,4-5,8-10H2,1H3,(H,21,22)/t11-,18-/m0/s1. The van der Waals surface area contributed by atoms with E-state index in [1.807, 2.05) is 0 Å². The van der Waals surface area contributed by atoms with Crippen LogP contribution in [-0.2, 0) is 14.3 Å². The molecule has 2 atom stereocenters. The second-order valence-electron chi connectivity index (χ2n) is 6.19. The van der Waals surface area contributed by atoms with Crippen LogP contribution in [0.15, 0.2) is 35.5 Å². The average Bonchev–Trinajstić information content (AvgIpc) is 3.23. The van der Waals surface area contributed by atoms with E-state index in [1.165, 1.54) is 18.0 Å². The summed E-state index contributed by atoms with van der Waals surface area (Å²) in [4.78, 5) is 42.8. The number of carbonyl (C=O) groups is 3. The molecule has 0 saturated carbocycles. The molecular formula is C18H20N2O5S. The fraction of sp³-hybridized carbons (Fsp3) is 0.444. The Kier molecular flexibility index (Phi) is 5.73. The Balaban J connectivity index is 1.96. The van der Waals surface area contributed by atoms with E-state index in [2.05, 4.69) is 4.98 Å². The molecule has 1 N–H and O–H groups in total. The van der Waals surface area contributed by atoms with E-state index in [4.69, 9.17) is 4.74 Å². The number of rotatable bonds is 7. The number of pyridine rings is 1. The van der Waals surface area contributed by atoms with Gasteiger partial charge in [0, 0.05) is 30.5 Å². The second-order valence-corrected chi connectivity index (χ2v) is 7.11. The van der Waals surface area contributed by atoms with Gasteiger partial charge in [-0.2, -0.15) is 0 Å². The summed E-state index contributed by atoms with van der Waals surface area (Å²) in [5, 5.41) is 8.70. The maximum Gasteiger partial charge on any atom is 0.308 e. The van der Waals surface area contributed by atoms with Crippen molar-refractivity contribution in [3.8, 4) is 0 Å². The summed E-state index contributed by atoms with van der Waals surface area (Å²) in [5.41, 5.74) is 0.475. The first-order valence-corrected chi connectivity index (χ1v) is 9.67. The molecule has 1 amide bonds. The van der Waals surface area contributed by atoms with Gasteiger partial charge in [-0.25, -0.2) is 0 Å². The summed E-state index contributed by atoms with van der Waals surface area (Å²) in [6.45, 7) is 1.01. The zero-order valence-electron chi connectivity index (χ0n) is 14.4. The van der Waals surface area contributed by atoms with Gasteiger partial charge in [-0.1, -0.05) is 6.07 Å². The number of ether oxygens (including phenoxy) is 1. The average molecular weight is 376 g/mol. The van der Waals surface area contributed by atoms with Gasteiger partial charge in [0.15, 0.2) is 0 Å². The fourth-order valence-corrected chi connectivity index (χ4v) is 4.26. The minimum atomic E-state index is -1.14. The highest BCUT2D eigenvalue weighted by atomic mass is 32.2. The van der Waals surface area contributed by atoms with Gasteiger partial charge in [0.05, 0.1) is 12.5 Å². The minimum Gasteiger partial charge on any atom is -0.481 e. The van der Waals surface area contributed by atoms with Crippen molar-refractivity contribution in [2.24, 2.45) is 0 Å². The van der Waals surface area contributed by atoms with Gasteiger partial charge in [0.2, 0.25) is 5.78 Å². The molecule has 0 radical (unpaired) electrons. The number of hydrogen-bond acceptors (Lipinski definition) is 6. The molecule has 0 bridgehead atoms. The first-order valence-electron chi connectivity index (χ1n) is 8.39. The van der Waals surface area contributed by atoms with Crippen LogP contribution in [-0.4, -0.2) is 63.5 Å². The lowest BCUT2D eigenvalue weighted by molar-refractivity contribution is -0.137. The molecule has 138 valence electrons. The zero-order chi connectivity index (χ0) is 18.7. The summed E-state index contributed by atoms with van der Waals surface area (Å²) in [6, 6.07) is 4.95. The quantitative estimate of drug-likeness (QED) is 0.724. The number of Topliss-reactive ketones (excluding diaryl/α,β-unsaturated/α-hetero) is 1. The van der Waals surface area contributed by atoms with Crippen molar-refractivity contribution < 1.29 is 24.2 Å². The SMILES string of the molecule is CS[C@H]1C(C(=O)c2ccccn2)=C(CC(=O)O)C(=O)N1C[C@@H]1CCCO1. The molecule has 26 heavy (non-hydrogen) atoms. The number of carbonyl (C=O) groups excluding carboxylic acids is 2. The lowest BCUT2D eigenvalue weighted by Crippen LogP contribution is -2.40. The van der Waals surface area contributed by atoms with Crippen LogP contribution < -0.4 is 0 Å². The van der Waals surface area contributed by atoms with Crippen LogP contribution in [0.2, 0.25) is 0 Å². The second kappa shape index (κ2) is 8.01. The molecule has 8 heteroatoms. The number of aromatic nitrogens is 1. The fourth-order valence-electron chi connectivity index (χ4n) is 3.34. The minimum absolute atomic E-state index is 0.0468. The Hall–Kier alpha value is -2.19. The molecule has 1 saturated heterocycles.